The quantitative estimate of drug-likeness (QED) is 0.107. The van der Waals surface area contributed by atoms with Crippen LogP contribution in [0.25, 0.3) is 66.9 Å². The molecule has 63 heavy (non-hydrogen) atoms. The van der Waals surface area contributed by atoms with Crippen molar-refractivity contribution >= 4 is 46.1 Å². The van der Waals surface area contributed by atoms with Gasteiger partial charge in [0.05, 0.1) is 24.9 Å². The first-order valence-electron chi connectivity index (χ1n) is 21.9. The Morgan fingerprint density at radius 2 is 1.30 bits per heavy atom. The van der Waals surface area contributed by atoms with Crippen molar-refractivity contribution in [3.05, 3.63) is 174 Å². The zero-order valence-corrected chi connectivity index (χ0v) is 41.2. The van der Waals surface area contributed by atoms with Crippen LogP contribution in [0.15, 0.2) is 140 Å². The van der Waals surface area contributed by atoms with Crippen LogP contribution in [-0.2, 0) is 26.5 Å². The average Bonchev–Trinajstić information content (AvgIpc) is 3.82. The Labute approximate surface area is 387 Å². The van der Waals surface area contributed by atoms with Crippen molar-refractivity contribution in [3.63, 3.8) is 0 Å². The van der Waals surface area contributed by atoms with Crippen LogP contribution < -0.4 is 5.19 Å². The summed E-state index contributed by atoms with van der Waals surface area (Å²) in [5.74, 6) is 2.29. The summed E-state index contributed by atoms with van der Waals surface area (Å²) in [6.07, 6.45) is 3.14. The SMILES string of the molecule is CC(C)Cc1cc(-c2[c-]cc(C#N)cc2)ncc1[Si](C)(C)C.CC(C)c1cccc(C(C)C)c1-n1c(-c2[c-]cc3c(c2)c2ccccc2n3-c2ccccc2)nc2ccccc21.[Ir]. The van der Waals surface area contributed by atoms with E-state index >= 15 is 0 Å². The molecular formula is C56H55IrN5Si-2. The van der Waals surface area contributed by atoms with Gasteiger partial charge in [0.2, 0.25) is 0 Å². The number of rotatable bonds is 9. The topological polar surface area (TPSA) is 59.4 Å². The van der Waals surface area contributed by atoms with Gasteiger partial charge in [0.15, 0.2) is 0 Å². The minimum atomic E-state index is -1.40. The molecule has 0 saturated carbocycles. The summed E-state index contributed by atoms with van der Waals surface area (Å²) in [7, 11) is -1.40. The second-order valence-electron chi connectivity index (χ2n) is 18.4. The van der Waals surface area contributed by atoms with Gasteiger partial charge in [-0.2, -0.15) is 0 Å². The van der Waals surface area contributed by atoms with Gasteiger partial charge in [0.25, 0.3) is 0 Å². The molecule has 0 fully saturated rings. The Bertz CT molecular complexity index is 3050. The van der Waals surface area contributed by atoms with Gasteiger partial charge in [-0.05, 0) is 93.0 Å². The van der Waals surface area contributed by atoms with Crippen LogP contribution in [0.3, 0.4) is 0 Å². The van der Waals surface area contributed by atoms with Gasteiger partial charge >= 0.3 is 0 Å². The van der Waals surface area contributed by atoms with E-state index in [1.54, 1.807) is 6.07 Å². The smallest absolute Gasteiger partial charge is 0.0798 e. The zero-order valence-electron chi connectivity index (χ0n) is 37.8. The Morgan fingerprint density at radius 1 is 0.651 bits per heavy atom. The molecule has 319 valence electrons. The summed E-state index contributed by atoms with van der Waals surface area (Å²) in [5.41, 5.74) is 14.4. The first kappa shape index (κ1) is 45.1. The standard InChI is InChI=1S/C37H32N3.C19H23N2Si.Ir/c1-24(2)28-16-12-17-29(25(3)4)36(28)40-35-20-11-9-18-32(35)38-37(40)26-21-22-34-31(23-26)30-15-8-10-19-33(30)39(34)27-13-6-5-7-14-27;1-14(2)10-17-11-18(21-13-19(17)22(3,4)5)16-8-6-15(12-20)7-9-16;/h5-20,22-25H,1-4H3;6-8,11,13-14H,10H2,1-5H3;/q2*-1;. The van der Waals surface area contributed by atoms with Crippen LogP contribution in [-0.4, -0.2) is 27.2 Å². The fraction of sp³-hybridized carbons (Fsp3) is 0.232. The molecule has 0 aliphatic carbocycles. The van der Waals surface area contributed by atoms with Crippen molar-refractivity contribution in [2.24, 2.45) is 5.92 Å². The fourth-order valence-corrected chi connectivity index (χ4v) is 10.3. The largest absolute Gasteiger partial charge is 0.351 e. The molecular weight excluding hydrogens is 963 g/mol. The third-order valence-corrected chi connectivity index (χ3v) is 13.7. The summed E-state index contributed by atoms with van der Waals surface area (Å²) in [4.78, 5) is 9.90. The molecule has 0 atom stereocenters. The van der Waals surface area contributed by atoms with Gasteiger partial charge in [0, 0.05) is 49.3 Å². The van der Waals surface area contributed by atoms with E-state index in [1.165, 1.54) is 43.9 Å². The minimum absolute atomic E-state index is 0. The third-order valence-electron chi connectivity index (χ3n) is 11.6. The van der Waals surface area contributed by atoms with E-state index in [0.717, 1.165) is 51.3 Å². The molecule has 0 bridgehead atoms. The summed E-state index contributed by atoms with van der Waals surface area (Å²) in [6.45, 7) is 20.7. The van der Waals surface area contributed by atoms with E-state index < -0.39 is 8.07 Å². The van der Waals surface area contributed by atoms with Crippen molar-refractivity contribution in [3.8, 4) is 40.1 Å². The van der Waals surface area contributed by atoms with Gasteiger partial charge in [-0.25, -0.2) is 5.26 Å². The van der Waals surface area contributed by atoms with E-state index in [2.05, 4.69) is 215 Å². The Kier molecular flexibility index (Phi) is 13.5. The van der Waals surface area contributed by atoms with Crippen molar-refractivity contribution < 1.29 is 20.1 Å². The summed E-state index contributed by atoms with van der Waals surface area (Å²) in [6, 6.07) is 55.5. The molecule has 0 aliphatic rings. The van der Waals surface area contributed by atoms with Gasteiger partial charge in [-0.15, -0.1) is 53.6 Å². The molecule has 6 aromatic carbocycles. The molecule has 9 aromatic rings. The molecule has 9 rings (SSSR count). The maximum atomic E-state index is 8.89. The van der Waals surface area contributed by atoms with E-state index in [9.17, 15) is 0 Å². The fourth-order valence-electron chi connectivity index (χ4n) is 8.68. The second-order valence-corrected chi connectivity index (χ2v) is 23.4. The first-order chi connectivity index (χ1) is 29.8. The van der Waals surface area contributed by atoms with Crippen molar-refractivity contribution in [1.29, 1.82) is 5.26 Å². The van der Waals surface area contributed by atoms with E-state index in [0.29, 0.717) is 23.3 Å². The minimum Gasteiger partial charge on any atom is -0.351 e. The number of aromatic nitrogens is 4. The second kappa shape index (κ2) is 18.8. The molecule has 3 heterocycles. The molecule has 0 saturated heterocycles. The Hall–Kier alpha value is -5.90. The number of hydrogen-bond acceptors (Lipinski definition) is 3. The predicted octanol–water partition coefficient (Wildman–Crippen LogP) is 14.0. The van der Waals surface area contributed by atoms with Gasteiger partial charge in [0.1, 0.15) is 0 Å². The van der Waals surface area contributed by atoms with Gasteiger partial charge < -0.3 is 14.1 Å². The molecule has 0 unspecified atom stereocenters. The first-order valence-corrected chi connectivity index (χ1v) is 25.4. The number of pyridine rings is 1. The number of imidazole rings is 1. The normalized spacial score (nSPS) is 11.6. The van der Waals surface area contributed by atoms with Crippen LogP contribution >= 0.6 is 0 Å². The summed E-state index contributed by atoms with van der Waals surface area (Å²) in [5, 5.41) is 12.8. The van der Waals surface area contributed by atoms with Crippen molar-refractivity contribution in [2.45, 2.75) is 79.4 Å². The summed E-state index contributed by atoms with van der Waals surface area (Å²) < 4.78 is 4.72. The number of nitrogens with zero attached hydrogens (tertiary/aromatic N) is 5. The number of para-hydroxylation sites is 5. The van der Waals surface area contributed by atoms with Crippen LogP contribution in [0, 0.1) is 29.4 Å². The number of hydrogen-bond donors (Lipinski definition) is 0. The van der Waals surface area contributed by atoms with Crippen LogP contribution in [0.4, 0.5) is 0 Å². The monoisotopic (exact) mass is 1020 g/mol. The summed E-state index contributed by atoms with van der Waals surface area (Å²) >= 11 is 0. The number of nitriles is 1. The molecule has 0 spiro atoms. The Morgan fingerprint density at radius 3 is 1.94 bits per heavy atom. The average molecular weight is 1020 g/mol. The third kappa shape index (κ3) is 9.13. The molecule has 3 aromatic heterocycles. The molecule has 0 aliphatic heterocycles. The van der Waals surface area contributed by atoms with E-state index in [4.69, 9.17) is 10.2 Å². The number of fused-ring (bicyclic) bond motifs is 4. The molecule has 1 radical (unpaired) electrons. The van der Waals surface area contributed by atoms with Gasteiger partial charge in [-0.1, -0.05) is 145 Å². The maximum Gasteiger partial charge on any atom is 0.0798 e. The predicted molar refractivity (Wildman–Crippen MR) is 263 cm³/mol. The molecule has 7 heteroatoms. The van der Waals surface area contributed by atoms with Crippen LogP contribution in [0.2, 0.25) is 19.6 Å². The maximum absolute atomic E-state index is 8.89. The van der Waals surface area contributed by atoms with Crippen molar-refractivity contribution in [2.75, 3.05) is 0 Å². The zero-order chi connectivity index (χ0) is 43.7. The van der Waals surface area contributed by atoms with Crippen LogP contribution in [0.5, 0.6) is 0 Å². The van der Waals surface area contributed by atoms with Crippen LogP contribution in [0.1, 0.15) is 75.6 Å². The molecule has 5 nitrogen and oxygen atoms in total. The molecule has 0 amide bonds. The van der Waals surface area contributed by atoms with E-state index in [1.807, 2.05) is 12.1 Å². The number of benzene rings is 6. The Balaban J connectivity index is 0.000000221. The van der Waals surface area contributed by atoms with E-state index in [-0.39, 0.29) is 20.1 Å². The van der Waals surface area contributed by atoms with Gasteiger partial charge in [-0.3, -0.25) is 4.98 Å². The molecule has 0 N–H and O–H groups in total. The van der Waals surface area contributed by atoms with Crippen molar-refractivity contribution in [1.82, 2.24) is 19.1 Å².